The Morgan fingerprint density at radius 3 is 2.40 bits per heavy atom. The van der Waals surface area contributed by atoms with Crippen molar-refractivity contribution in [2.75, 3.05) is 54.5 Å². The van der Waals surface area contributed by atoms with Crippen LogP contribution >= 0.6 is 0 Å². The molecule has 1 aliphatic heterocycles. The summed E-state index contributed by atoms with van der Waals surface area (Å²) >= 11 is 0. The minimum absolute atomic E-state index is 0.749. The molecule has 134 valence electrons. The monoisotopic (exact) mass is 341 g/mol. The van der Waals surface area contributed by atoms with Crippen LogP contribution in [0.25, 0.3) is 0 Å². The van der Waals surface area contributed by atoms with Crippen LogP contribution in [0.3, 0.4) is 0 Å². The number of anilines is 4. The number of aryl methyl sites for hydroxylation is 1. The fourth-order valence-corrected chi connectivity index (χ4v) is 3.06. The lowest BCUT2D eigenvalue weighted by atomic mass is 10.2. The highest BCUT2D eigenvalue weighted by Gasteiger charge is 2.14. The first-order valence-electron chi connectivity index (χ1n) is 9.00. The van der Waals surface area contributed by atoms with Gasteiger partial charge in [0.15, 0.2) is 0 Å². The lowest BCUT2D eigenvalue weighted by Gasteiger charge is -2.28. The summed E-state index contributed by atoms with van der Waals surface area (Å²) in [5.41, 5.74) is 2.27. The molecule has 0 amide bonds. The lowest BCUT2D eigenvalue weighted by molar-refractivity contribution is 0.122. The van der Waals surface area contributed by atoms with Crippen LogP contribution in [-0.2, 0) is 4.74 Å². The summed E-state index contributed by atoms with van der Waals surface area (Å²) in [7, 11) is 0. The van der Waals surface area contributed by atoms with Crippen LogP contribution in [0.2, 0.25) is 0 Å². The van der Waals surface area contributed by atoms with Crippen molar-refractivity contribution in [1.82, 2.24) is 9.97 Å². The Kier molecular flexibility index (Phi) is 5.71. The SMILES string of the molecule is CCN(CC)c1ccc(Nc2cc(N3CCOCC3)nc(C)n2)cc1. The molecule has 25 heavy (non-hydrogen) atoms. The van der Waals surface area contributed by atoms with E-state index in [4.69, 9.17) is 4.74 Å². The van der Waals surface area contributed by atoms with Gasteiger partial charge in [-0.2, -0.15) is 0 Å². The number of rotatable bonds is 6. The van der Waals surface area contributed by atoms with E-state index < -0.39 is 0 Å². The van der Waals surface area contributed by atoms with Crippen LogP contribution in [0.5, 0.6) is 0 Å². The number of ether oxygens (including phenoxy) is 1. The molecule has 0 radical (unpaired) electrons. The van der Waals surface area contributed by atoms with E-state index in [1.807, 2.05) is 13.0 Å². The molecule has 1 N–H and O–H groups in total. The summed E-state index contributed by atoms with van der Waals surface area (Å²) in [5.74, 6) is 2.55. The molecule has 0 spiro atoms. The molecule has 0 aliphatic carbocycles. The average Bonchev–Trinajstić information content (AvgIpc) is 2.64. The van der Waals surface area contributed by atoms with Gasteiger partial charge in [0.1, 0.15) is 17.5 Å². The smallest absolute Gasteiger partial charge is 0.136 e. The van der Waals surface area contributed by atoms with Gasteiger partial charge in [0.05, 0.1) is 13.2 Å². The maximum absolute atomic E-state index is 5.42. The second-order valence-corrected chi connectivity index (χ2v) is 6.10. The first kappa shape index (κ1) is 17.5. The van der Waals surface area contributed by atoms with E-state index in [2.05, 4.69) is 63.2 Å². The van der Waals surface area contributed by atoms with E-state index >= 15 is 0 Å². The molecule has 1 aliphatic rings. The predicted octanol–water partition coefficient (Wildman–Crippen LogP) is 3.21. The van der Waals surface area contributed by atoms with Gasteiger partial charge in [-0.3, -0.25) is 0 Å². The van der Waals surface area contributed by atoms with Crippen molar-refractivity contribution in [2.24, 2.45) is 0 Å². The number of nitrogens with one attached hydrogen (secondary N) is 1. The van der Waals surface area contributed by atoms with Gasteiger partial charge in [-0.1, -0.05) is 0 Å². The van der Waals surface area contributed by atoms with Crippen LogP contribution in [0.15, 0.2) is 30.3 Å². The molecule has 6 nitrogen and oxygen atoms in total. The number of nitrogens with zero attached hydrogens (tertiary/aromatic N) is 4. The molecule has 2 aromatic rings. The van der Waals surface area contributed by atoms with Crippen LogP contribution in [0, 0.1) is 6.92 Å². The van der Waals surface area contributed by atoms with Crippen LogP contribution in [0.1, 0.15) is 19.7 Å². The van der Waals surface area contributed by atoms with Crippen LogP contribution < -0.4 is 15.1 Å². The van der Waals surface area contributed by atoms with Crippen LogP contribution in [0.4, 0.5) is 23.0 Å². The van der Waals surface area contributed by atoms with Crippen LogP contribution in [-0.4, -0.2) is 49.4 Å². The van der Waals surface area contributed by atoms with Gasteiger partial charge in [0.2, 0.25) is 0 Å². The zero-order valence-electron chi connectivity index (χ0n) is 15.3. The predicted molar refractivity (Wildman–Crippen MR) is 103 cm³/mol. The molecule has 1 aromatic carbocycles. The highest BCUT2D eigenvalue weighted by molar-refractivity contribution is 5.63. The number of hydrogen-bond acceptors (Lipinski definition) is 6. The number of benzene rings is 1. The molecule has 0 saturated carbocycles. The summed E-state index contributed by atoms with van der Waals surface area (Å²) in [6.07, 6.45) is 0. The van der Waals surface area contributed by atoms with Crippen molar-refractivity contribution in [3.8, 4) is 0 Å². The first-order chi connectivity index (χ1) is 12.2. The second kappa shape index (κ2) is 8.16. The third-order valence-electron chi connectivity index (χ3n) is 4.43. The van der Waals surface area contributed by atoms with Gasteiger partial charge in [0.25, 0.3) is 0 Å². The first-order valence-corrected chi connectivity index (χ1v) is 9.00. The fraction of sp³-hybridized carbons (Fsp3) is 0.474. The molecule has 2 heterocycles. The maximum Gasteiger partial charge on any atom is 0.136 e. The van der Waals surface area contributed by atoms with Crippen molar-refractivity contribution >= 4 is 23.0 Å². The molecule has 0 bridgehead atoms. The van der Waals surface area contributed by atoms with E-state index in [1.165, 1.54) is 5.69 Å². The van der Waals surface area contributed by atoms with Gasteiger partial charge in [-0.15, -0.1) is 0 Å². The zero-order chi connectivity index (χ0) is 17.6. The Labute approximate surface area is 149 Å². The van der Waals surface area contributed by atoms with Crippen molar-refractivity contribution < 1.29 is 4.74 Å². The summed E-state index contributed by atoms with van der Waals surface area (Å²) in [6.45, 7) is 11.5. The normalized spacial score (nSPS) is 14.4. The largest absolute Gasteiger partial charge is 0.378 e. The van der Waals surface area contributed by atoms with Gasteiger partial charge in [0, 0.05) is 43.6 Å². The number of aromatic nitrogens is 2. The van der Waals surface area contributed by atoms with Gasteiger partial charge in [-0.25, -0.2) is 9.97 Å². The van der Waals surface area contributed by atoms with E-state index in [0.29, 0.717) is 0 Å². The molecular formula is C19H27N5O. The maximum atomic E-state index is 5.42. The molecule has 0 unspecified atom stereocenters. The van der Waals surface area contributed by atoms with Crippen molar-refractivity contribution in [1.29, 1.82) is 0 Å². The number of morpholine rings is 1. The Hall–Kier alpha value is -2.34. The second-order valence-electron chi connectivity index (χ2n) is 6.10. The van der Waals surface area contributed by atoms with E-state index in [9.17, 15) is 0 Å². The van der Waals surface area contributed by atoms with Crippen molar-refractivity contribution in [3.05, 3.63) is 36.2 Å². The molecule has 1 saturated heterocycles. The summed E-state index contributed by atoms with van der Waals surface area (Å²) < 4.78 is 5.42. The molecule has 1 fully saturated rings. The van der Waals surface area contributed by atoms with E-state index in [0.717, 1.165) is 62.5 Å². The Morgan fingerprint density at radius 2 is 1.76 bits per heavy atom. The Bertz CT molecular complexity index is 679. The standard InChI is InChI=1S/C19H27N5O/c1-4-23(5-2)17-8-6-16(7-9-17)22-18-14-19(21-15(3)20-18)24-10-12-25-13-11-24/h6-9,14H,4-5,10-13H2,1-3H3,(H,20,21,22). The highest BCUT2D eigenvalue weighted by Crippen LogP contribution is 2.23. The van der Waals surface area contributed by atoms with Gasteiger partial charge >= 0.3 is 0 Å². The summed E-state index contributed by atoms with van der Waals surface area (Å²) in [4.78, 5) is 13.7. The minimum atomic E-state index is 0.749. The summed E-state index contributed by atoms with van der Waals surface area (Å²) in [5, 5.41) is 3.40. The van der Waals surface area contributed by atoms with E-state index in [-0.39, 0.29) is 0 Å². The van der Waals surface area contributed by atoms with Crippen molar-refractivity contribution in [3.63, 3.8) is 0 Å². The molecule has 6 heteroatoms. The molecule has 3 rings (SSSR count). The molecular weight excluding hydrogens is 314 g/mol. The summed E-state index contributed by atoms with van der Waals surface area (Å²) in [6, 6.07) is 10.5. The lowest BCUT2D eigenvalue weighted by Crippen LogP contribution is -2.36. The average molecular weight is 341 g/mol. The van der Waals surface area contributed by atoms with Gasteiger partial charge < -0.3 is 19.9 Å². The van der Waals surface area contributed by atoms with E-state index in [1.54, 1.807) is 0 Å². The Morgan fingerprint density at radius 1 is 1.08 bits per heavy atom. The Balaban J connectivity index is 1.75. The third kappa shape index (κ3) is 4.39. The highest BCUT2D eigenvalue weighted by atomic mass is 16.5. The molecule has 0 atom stereocenters. The minimum Gasteiger partial charge on any atom is -0.378 e. The topological polar surface area (TPSA) is 53.5 Å². The zero-order valence-corrected chi connectivity index (χ0v) is 15.3. The van der Waals surface area contributed by atoms with Gasteiger partial charge in [-0.05, 0) is 45.0 Å². The molecule has 1 aromatic heterocycles. The quantitative estimate of drug-likeness (QED) is 0.871. The van der Waals surface area contributed by atoms with Crippen molar-refractivity contribution in [2.45, 2.75) is 20.8 Å². The number of hydrogen-bond donors (Lipinski definition) is 1. The third-order valence-corrected chi connectivity index (χ3v) is 4.43. The fourth-order valence-electron chi connectivity index (χ4n) is 3.06.